The standard InChI is InChI=1S/C21H24FN5O4/c1-23-20(29)14-8-15(19(22)18(9-14)30-2)13-31-17-10-24-21(25-11-17)26-16-4-6-27(12-16)5-3-7-28/h4,6,8-12,28H,3,5,7,13H2,1-2H3,(H,23,29)(H,24,25,26). The summed E-state index contributed by atoms with van der Waals surface area (Å²) in [6.07, 6.45) is 7.39. The molecule has 1 amide bonds. The third-order valence-corrected chi connectivity index (χ3v) is 4.43. The van der Waals surface area contributed by atoms with E-state index in [0.717, 1.165) is 5.69 Å². The third-order valence-electron chi connectivity index (χ3n) is 4.43. The fourth-order valence-corrected chi connectivity index (χ4v) is 2.84. The molecule has 0 radical (unpaired) electrons. The Bertz CT molecular complexity index is 1020. The van der Waals surface area contributed by atoms with E-state index in [1.165, 1.54) is 38.7 Å². The number of benzene rings is 1. The summed E-state index contributed by atoms with van der Waals surface area (Å²) in [6, 6.07) is 4.62. The van der Waals surface area contributed by atoms with Crippen LogP contribution < -0.4 is 20.1 Å². The van der Waals surface area contributed by atoms with Crippen LogP contribution in [-0.2, 0) is 13.2 Å². The Labute approximate surface area is 178 Å². The maximum Gasteiger partial charge on any atom is 0.251 e. The zero-order chi connectivity index (χ0) is 22.2. The lowest BCUT2D eigenvalue weighted by Crippen LogP contribution is -2.18. The number of ether oxygens (including phenoxy) is 2. The molecule has 31 heavy (non-hydrogen) atoms. The molecule has 3 rings (SSSR count). The van der Waals surface area contributed by atoms with Crippen LogP contribution in [0.5, 0.6) is 11.5 Å². The number of nitrogens with zero attached hydrogens (tertiary/aromatic N) is 3. The van der Waals surface area contributed by atoms with Crippen LogP contribution in [0, 0.1) is 5.82 Å². The van der Waals surface area contributed by atoms with Crippen molar-refractivity contribution in [2.24, 2.45) is 0 Å². The van der Waals surface area contributed by atoms with Crippen LogP contribution in [0.1, 0.15) is 22.3 Å². The summed E-state index contributed by atoms with van der Waals surface area (Å²) in [5.74, 6) is -0.276. The van der Waals surface area contributed by atoms with Crippen molar-refractivity contribution in [1.82, 2.24) is 19.9 Å². The summed E-state index contributed by atoms with van der Waals surface area (Å²) in [6.45, 7) is 0.726. The quantitative estimate of drug-likeness (QED) is 0.454. The number of hydrogen-bond acceptors (Lipinski definition) is 7. The van der Waals surface area contributed by atoms with Gasteiger partial charge in [-0.25, -0.2) is 14.4 Å². The lowest BCUT2D eigenvalue weighted by molar-refractivity contribution is 0.0962. The summed E-state index contributed by atoms with van der Waals surface area (Å²) >= 11 is 0. The second-order valence-electron chi connectivity index (χ2n) is 6.60. The zero-order valence-corrected chi connectivity index (χ0v) is 17.3. The lowest BCUT2D eigenvalue weighted by Gasteiger charge is -2.12. The first kappa shape index (κ1) is 22.0. The minimum absolute atomic E-state index is 0.0403. The number of methoxy groups -OCH3 is 1. The van der Waals surface area contributed by atoms with Gasteiger partial charge in [0, 0.05) is 43.7 Å². The average Bonchev–Trinajstić information content (AvgIpc) is 3.24. The van der Waals surface area contributed by atoms with Crippen molar-refractivity contribution < 1.29 is 23.8 Å². The van der Waals surface area contributed by atoms with Gasteiger partial charge in [-0.2, -0.15) is 0 Å². The smallest absolute Gasteiger partial charge is 0.251 e. The molecule has 10 heteroatoms. The maximum atomic E-state index is 14.5. The van der Waals surface area contributed by atoms with Gasteiger partial charge in [-0.1, -0.05) is 0 Å². The van der Waals surface area contributed by atoms with Crippen molar-refractivity contribution in [3.63, 3.8) is 0 Å². The van der Waals surface area contributed by atoms with Gasteiger partial charge in [0.1, 0.15) is 6.61 Å². The van der Waals surface area contributed by atoms with Gasteiger partial charge in [-0.15, -0.1) is 0 Å². The molecule has 1 aromatic carbocycles. The number of nitrogens with one attached hydrogen (secondary N) is 2. The maximum absolute atomic E-state index is 14.5. The Morgan fingerprint density at radius 1 is 1.29 bits per heavy atom. The molecule has 0 atom stereocenters. The molecule has 3 N–H and O–H groups in total. The van der Waals surface area contributed by atoms with E-state index in [0.29, 0.717) is 24.7 Å². The largest absolute Gasteiger partial charge is 0.494 e. The second-order valence-corrected chi connectivity index (χ2v) is 6.60. The number of anilines is 2. The second kappa shape index (κ2) is 10.4. The lowest BCUT2D eigenvalue weighted by atomic mass is 10.1. The summed E-state index contributed by atoms with van der Waals surface area (Å²) in [5.41, 5.74) is 1.25. The van der Waals surface area contributed by atoms with Crippen LogP contribution in [0.3, 0.4) is 0 Å². The fraction of sp³-hybridized carbons (Fsp3) is 0.286. The number of carbonyl (C=O) groups excluding carboxylic acids is 1. The van der Waals surface area contributed by atoms with Crippen LogP contribution in [0.25, 0.3) is 0 Å². The zero-order valence-electron chi connectivity index (χ0n) is 17.3. The minimum Gasteiger partial charge on any atom is -0.494 e. The number of carbonyl (C=O) groups is 1. The molecule has 0 aliphatic carbocycles. The number of rotatable bonds is 10. The van der Waals surface area contributed by atoms with Gasteiger partial charge in [0.25, 0.3) is 5.91 Å². The number of halogens is 1. The Morgan fingerprint density at radius 2 is 2.06 bits per heavy atom. The first-order chi connectivity index (χ1) is 15.0. The van der Waals surface area contributed by atoms with Crippen molar-refractivity contribution in [1.29, 1.82) is 0 Å². The Hall–Kier alpha value is -3.66. The molecule has 2 aromatic heterocycles. The summed E-state index contributed by atoms with van der Waals surface area (Å²) < 4.78 is 27.1. The predicted molar refractivity (Wildman–Crippen MR) is 112 cm³/mol. The number of hydrogen-bond donors (Lipinski definition) is 3. The van der Waals surface area contributed by atoms with Gasteiger partial charge in [-0.3, -0.25) is 4.79 Å². The molecule has 164 valence electrons. The predicted octanol–water partition coefficient (Wildman–Crippen LogP) is 2.49. The molecule has 0 aliphatic rings. The third kappa shape index (κ3) is 5.70. The van der Waals surface area contributed by atoms with E-state index in [2.05, 4.69) is 20.6 Å². The van der Waals surface area contributed by atoms with Gasteiger partial charge in [0.15, 0.2) is 17.3 Å². The van der Waals surface area contributed by atoms with Crippen LogP contribution in [0.15, 0.2) is 43.0 Å². The Morgan fingerprint density at radius 3 is 2.74 bits per heavy atom. The fourth-order valence-electron chi connectivity index (χ4n) is 2.84. The van der Waals surface area contributed by atoms with Crippen molar-refractivity contribution in [2.45, 2.75) is 19.6 Å². The number of aliphatic hydroxyl groups is 1. The van der Waals surface area contributed by atoms with Gasteiger partial charge >= 0.3 is 0 Å². The minimum atomic E-state index is -0.597. The van der Waals surface area contributed by atoms with Gasteiger partial charge < -0.3 is 29.8 Å². The Balaban J connectivity index is 1.64. The van der Waals surface area contributed by atoms with Crippen LogP contribution in [0.4, 0.5) is 16.0 Å². The van der Waals surface area contributed by atoms with E-state index in [1.54, 1.807) is 0 Å². The van der Waals surface area contributed by atoms with Gasteiger partial charge in [-0.05, 0) is 24.6 Å². The Kier molecular flexibility index (Phi) is 7.39. The monoisotopic (exact) mass is 429 g/mol. The first-order valence-corrected chi connectivity index (χ1v) is 9.61. The molecular formula is C21H24FN5O4. The topological polar surface area (TPSA) is 111 Å². The van der Waals surface area contributed by atoms with Gasteiger partial charge in [0.05, 0.1) is 25.2 Å². The van der Waals surface area contributed by atoms with Crippen molar-refractivity contribution >= 4 is 17.5 Å². The average molecular weight is 429 g/mol. The van der Waals surface area contributed by atoms with Crippen molar-refractivity contribution in [3.8, 4) is 11.5 Å². The summed E-state index contributed by atoms with van der Waals surface area (Å²) in [5, 5.41) is 14.5. The molecule has 0 aliphatic heterocycles. The molecule has 0 spiro atoms. The van der Waals surface area contributed by atoms with E-state index in [4.69, 9.17) is 14.6 Å². The molecule has 3 aromatic rings. The molecule has 2 heterocycles. The van der Waals surface area contributed by atoms with Crippen LogP contribution in [0.2, 0.25) is 0 Å². The molecule has 0 unspecified atom stereocenters. The number of amides is 1. The number of aliphatic hydroxyl groups excluding tert-OH is 1. The molecule has 0 saturated heterocycles. The molecular weight excluding hydrogens is 405 g/mol. The molecule has 9 nitrogen and oxygen atoms in total. The molecule has 0 bridgehead atoms. The van der Waals surface area contributed by atoms with E-state index >= 15 is 0 Å². The molecule has 0 fully saturated rings. The van der Waals surface area contributed by atoms with E-state index < -0.39 is 5.82 Å². The highest BCUT2D eigenvalue weighted by atomic mass is 19.1. The highest BCUT2D eigenvalue weighted by molar-refractivity contribution is 5.94. The van der Waals surface area contributed by atoms with Crippen LogP contribution >= 0.6 is 0 Å². The van der Waals surface area contributed by atoms with Crippen LogP contribution in [-0.4, -0.2) is 46.3 Å². The molecule has 0 saturated carbocycles. The number of aromatic nitrogens is 3. The highest BCUT2D eigenvalue weighted by Gasteiger charge is 2.15. The van der Waals surface area contributed by atoms with Crippen molar-refractivity contribution in [2.75, 3.05) is 26.1 Å². The number of aryl methyl sites for hydroxylation is 1. The SMILES string of the molecule is CNC(=O)c1cc(COc2cnc(Nc3ccn(CCCO)c3)nc2)c(F)c(OC)c1. The van der Waals surface area contributed by atoms with E-state index in [1.807, 2.05) is 23.0 Å². The highest BCUT2D eigenvalue weighted by Crippen LogP contribution is 2.24. The first-order valence-electron chi connectivity index (χ1n) is 9.61. The van der Waals surface area contributed by atoms with E-state index in [9.17, 15) is 9.18 Å². The summed E-state index contributed by atoms with van der Waals surface area (Å²) in [7, 11) is 2.82. The normalized spacial score (nSPS) is 10.6. The summed E-state index contributed by atoms with van der Waals surface area (Å²) in [4.78, 5) is 20.3. The van der Waals surface area contributed by atoms with Crippen molar-refractivity contribution in [3.05, 3.63) is 59.9 Å². The van der Waals surface area contributed by atoms with E-state index in [-0.39, 0.29) is 36.0 Å². The van der Waals surface area contributed by atoms with Gasteiger partial charge in [0.2, 0.25) is 5.95 Å².